The zero-order valence-corrected chi connectivity index (χ0v) is 17.7. The number of carbonyl (C=O) groups excluding carboxylic acids is 1. The summed E-state index contributed by atoms with van der Waals surface area (Å²) in [5, 5.41) is 5.41. The van der Waals surface area contributed by atoms with Crippen LogP contribution in [0.4, 0.5) is 5.13 Å². The molecule has 5 heterocycles. The van der Waals surface area contributed by atoms with Crippen molar-refractivity contribution >= 4 is 38.4 Å². The van der Waals surface area contributed by atoms with Gasteiger partial charge in [-0.05, 0) is 30.4 Å². The third kappa shape index (κ3) is 3.09. The standard InChI is InChI=1S/C21H21N7O2S/c29-16(26-10-7-14-5-1-2-6-15(14)11-26)12-28-21(30)27-13-22-18-17(19(27)24-28)31-20(23-18)25-8-3-4-9-25/h1-2,5-6,13H,3-4,7-12H2. The van der Waals surface area contributed by atoms with E-state index in [1.54, 1.807) is 4.90 Å². The van der Waals surface area contributed by atoms with Crippen LogP contribution < -0.4 is 10.6 Å². The summed E-state index contributed by atoms with van der Waals surface area (Å²) in [5.74, 6) is -0.105. The molecule has 4 aromatic rings. The Hall–Kier alpha value is -3.27. The van der Waals surface area contributed by atoms with Crippen molar-refractivity contribution in [1.29, 1.82) is 0 Å². The van der Waals surface area contributed by atoms with E-state index in [2.05, 4.69) is 32.1 Å². The second-order valence-corrected chi connectivity index (χ2v) is 9.03. The van der Waals surface area contributed by atoms with Gasteiger partial charge in [-0.3, -0.25) is 4.79 Å². The van der Waals surface area contributed by atoms with E-state index in [-0.39, 0.29) is 18.1 Å². The molecule has 0 bridgehead atoms. The summed E-state index contributed by atoms with van der Waals surface area (Å²) in [6.07, 6.45) is 4.61. The molecule has 0 spiro atoms. The molecule has 3 aromatic heterocycles. The zero-order chi connectivity index (χ0) is 20.9. The molecule has 0 unspecified atom stereocenters. The molecule has 158 valence electrons. The minimum absolute atomic E-state index is 0.0814. The number of hydrogen-bond donors (Lipinski definition) is 0. The minimum Gasteiger partial charge on any atom is -0.348 e. The van der Waals surface area contributed by atoms with E-state index in [0.29, 0.717) is 24.4 Å². The first-order valence-corrected chi connectivity index (χ1v) is 11.3. The average molecular weight is 436 g/mol. The van der Waals surface area contributed by atoms with Crippen molar-refractivity contribution in [2.75, 3.05) is 24.5 Å². The Morgan fingerprint density at radius 3 is 2.74 bits per heavy atom. The van der Waals surface area contributed by atoms with E-state index in [4.69, 9.17) is 0 Å². The van der Waals surface area contributed by atoms with Gasteiger partial charge in [0.2, 0.25) is 5.91 Å². The quantitative estimate of drug-likeness (QED) is 0.487. The van der Waals surface area contributed by atoms with Crippen molar-refractivity contribution in [2.45, 2.75) is 32.4 Å². The van der Waals surface area contributed by atoms with Crippen molar-refractivity contribution in [2.24, 2.45) is 0 Å². The average Bonchev–Trinajstić information content (AvgIpc) is 3.52. The van der Waals surface area contributed by atoms with Crippen LogP contribution in [-0.2, 0) is 24.3 Å². The molecular formula is C21H21N7O2S. The fraction of sp³-hybridized carbons (Fsp3) is 0.381. The van der Waals surface area contributed by atoms with Crippen LogP contribution >= 0.6 is 11.3 Å². The summed E-state index contributed by atoms with van der Waals surface area (Å²) in [6.45, 7) is 3.12. The van der Waals surface area contributed by atoms with Gasteiger partial charge in [-0.1, -0.05) is 35.6 Å². The molecule has 1 saturated heterocycles. The van der Waals surface area contributed by atoms with Gasteiger partial charge in [0.05, 0.1) is 0 Å². The first-order chi connectivity index (χ1) is 15.2. The summed E-state index contributed by atoms with van der Waals surface area (Å²) in [4.78, 5) is 38.8. The highest BCUT2D eigenvalue weighted by atomic mass is 32.1. The Bertz CT molecular complexity index is 1370. The van der Waals surface area contributed by atoms with E-state index < -0.39 is 0 Å². The number of thiazole rings is 1. The van der Waals surface area contributed by atoms with Crippen LogP contribution in [0, 0.1) is 0 Å². The minimum atomic E-state index is -0.355. The van der Waals surface area contributed by atoms with Crippen LogP contribution in [0.2, 0.25) is 0 Å². The van der Waals surface area contributed by atoms with E-state index in [0.717, 1.165) is 47.7 Å². The first kappa shape index (κ1) is 18.5. The second-order valence-electron chi connectivity index (χ2n) is 8.06. The summed E-state index contributed by atoms with van der Waals surface area (Å²) in [7, 11) is 0. The molecule has 6 rings (SSSR count). The second kappa shape index (κ2) is 7.16. The van der Waals surface area contributed by atoms with Crippen LogP contribution in [-0.4, -0.2) is 54.6 Å². The van der Waals surface area contributed by atoms with Crippen molar-refractivity contribution in [3.63, 3.8) is 0 Å². The van der Waals surface area contributed by atoms with E-state index in [1.807, 2.05) is 12.1 Å². The molecule has 1 aromatic carbocycles. The largest absolute Gasteiger partial charge is 0.352 e. The third-order valence-corrected chi connectivity index (χ3v) is 7.21. The summed E-state index contributed by atoms with van der Waals surface area (Å²) >= 11 is 1.51. The van der Waals surface area contributed by atoms with Crippen LogP contribution in [0.3, 0.4) is 0 Å². The molecule has 0 atom stereocenters. The number of rotatable bonds is 3. The van der Waals surface area contributed by atoms with Gasteiger partial charge in [0.15, 0.2) is 16.4 Å². The molecule has 0 saturated carbocycles. The number of nitrogens with zero attached hydrogens (tertiary/aromatic N) is 7. The topological polar surface area (TPSA) is 88.6 Å². The predicted octanol–water partition coefficient (Wildman–Crippen LogP) is 1.69. The molecule has 0 radical (unpaired) electrons. The number of anilines is 1. The molecule has 31 heavy (non-hydrogen) atoms. The van der Waals surface area contributed by atoms with Gasteiger partial charge >= 0.3 is 5.69 Å². The number of fused-ring (bicyclic) bond motifs is 4. The van der Waals surface area contributed by atoms with Gasteiger partial charge in [0.1, 0.15) is 17.6 Å². The zero-order valence-electron chi connectivity index (χ0n) is 16.9. The lowest BCUT2D eigenvalue weighted by Crippen LogP contribution is -2.39. The van der Waals surface area contributed by atoms with Crippen molar-refractivity contribution in [1.82, 2.24) is 29.0 Å². The van der Waals surface area contributed by atoms with Gasteiger partial charge in [-0.25, -0.2) is 18.9 Å². The Morgan fingerprint density at radius 1 is 1.10 bits per heavy atom. The lowest BCUT2D eigenvalue weighted by Gasteiger charge is -2.28. The van der Waals surface area contributed by atoms with Gasteiger partial charge < -0.3 is 9.80 Å². The SMILES string of the molecule is O=C(Cn1nc2c3sc(N4CCCC4)nc3ncn2c1=O)N1CCc2ccccc2C1. The van der Waals surface area contributed by atoms with Crippen molar-refractivity contribution < 1.29 is 4.79 Å². The lowest BCUT2D eigenvalue weighted by atomic mass is 10.00. The summed E-state index contributed by atoms with van der Waals surface area (Å²) < 4.78 is 3.43. The van der Waals surface area contributed by atoms with Crippen molar-refractivity contribution in [3.05, 3.63) is 52.2 Å². The maximum absolute atomic E-state index is 12.9. The van der Waals surface area contributed by atoms with Crippen molar-refractivity contribution in [3.8, 4) is 0 Å². The molecular weight excluding hydrogens is 414 g/mol. The molecule has 0 aliphatic carbocycles. The van der Waals surface area contributed by atoms with Gasteiger partial charge in [0.25, 0.3) is 0 Å². The monoisotopic (exact) mass is 435 g/mol. The van der Waals surface area contributed by atoms with E-state index >= 15 is 0 Å². The molecule has 2 aliphatic rings. The van der Waals surface area contributed by atoms with Crippen LogP contribution in [0.1, 0.15) is 24.0 Å². The Morgan fingerprint density at radius 2 is 1.90 bits per heavy atom. The third-order valence-electron chi connectivity index (χ3n) is 6.11. The highest BCUT2D eigenvalue weighted by Crippen LogP contribution is 2.31. The van der Waals surface area contributed by atoms with Crippen LogP contribution in [0.15, 0.2) is 35.4 Å². The molecule has 0 N–H and O–H groups in total. The van der Waals surface area contributed by atoms with Gasteiger partial charge in [-0.15, -0.1) is 5.10 Å². The van der Waals surface area contributed by atoms with E-state index in [1.165, 1.54) is 32.3 Å². The number of benzene rings is 1. The summed E-state index contributed by atoms with van der Waals surface area (Å²) in [5.41, 5.74) is 3.19. The fourth-order valence-electron chi connectivity index (χ4n) is 4.41. The normalized spacial score (nSPS) is 16.4. The fourth-order valence-corrected chi connectivity index (χ4v) is 5.46. The lowest BCUT2D eigenvalue weighted by molar-refractivity contribution is -0.133. The number of amides is 1. The van der Waals surface area contributed by atoms with E-state index in [9.17, 15) is 9.59 Å². The number of aromatic nitrogens is 5. The number of hydrogen-bond acceptors (Lipinski definition) is 7. The Balaban J connectivity index is 1.30. The molecule has 9 nitrogen and oxygen atoms in total. The maximum Gasteiger partial charge on any atom is 0.352 e. The van der Waals surface area contributed by atoms with Gasteiger partial charge in [-0.2, -0.15) is 4.98 Å². The Labute approximate surface area is 181 Å². The van der Waals surface area contributed by atoms with Crippen LogP contribution in [0.25, 0.3) is 16.0 Å². The summed E-state index contributed by atoms with van der Waals surface area (Å²) in [6, 6.07) is 8.17. The molecule has 2 aliphatic heterocycles. The maximum atomic E-state index is 12.9. The molecule has 1 amide bonds. The Kier molecular flexibility index (Phi) is 4.27. The smallest absolute Gasteiger partial charge is 0.348 e. The first-order valence-electron chi connectivity index (χ1n) is 10.5. The molecule has 1 fully saturated rings. The highest BCUT2D eigenvalue weighted by molar-refractivity contribution is 7.22. The number of carbonyl (C=O) groups is 1. The van der Waals surface area contributed by atoms with Gasteiger partial charge in [0, 0.05) is 26.2 Å². The highest BCUT2D eigenvalue weighted by Gasteiger charge is 2.24. The molecule has 10 heteroatoms. The van der Waals surface area contributed by atoms with Crippen LogP contribution in [0.5, 0.6) is 0 Å². The predicted molar refractivity (Wildman–Crippen MR) is 117 cm³/mol.